The molecule has 0 amide bonds. The number of fused-ring (bicyclic) bond motifs is 2. The predicted octanol–water partition coefficient (Wildman–Crippen LogP) is 1.71. The van der Waals surface area contributed by atoms with E-state index in [9.17, 15) is 18.0 Å². The Morgan fingerprint density at radius 3 is 2.09 bits per heavy atom. The molecule has 0 heterocycles. The first-order valence-corrected chi connectivity index (χ1v) is 8.81. The molecule has 3 N–H and O–H groups in total. The third-order valence-corrected chi connectivity index (χ3v) is 5.79. The second-order valence-corrected chi connectivity index (χ2v) is 7.64. The van der Waals surface area contributed by atoms with Crippen LogP contribution in [0.3, 0.4) is 0 Å². The molecule has 0 spiro atoms. The predicted molar refractivity (Wildman–Crippen MR) is 88.1 cm³/mol. The van der Waals surface area contributed by atoms with Crippen LogP contribution in [0.1, 0.15) is 31.8 Å². The molecule has 0 aromatic heterocycles. The average molecular weight is 395 g/mol. The van der Waals surface area contributed by atoms with Crippen molar-refractivity contribution < 1.29 is 18.0 Å². The summed E-state index contributed by atoms with van der Waals surface area (Å²) in [6.45, 7) is 0. The molecule has 6 nitrogen and oxygen atoms in total. The van der Waals surface area contributed by atoms with Crippen molar-refractivity contribution in [3.05, 3.63) is 57.1 Å². The Labute approximate surface area is 140 Å². The average Bonchev–Trinajstić information content (AvgIpc) is 2.54. The van der Waals surface area contributed by atoms with Gasteiger partial charge in [-0.1, -0.05) is 24.3 Å². The Hall–Kier alpha value is -2.03. The smallest absolute Gasteiger partial charge is 0.242 e. The van der Waals surface area contributed by atoms with E-state index in [-0.39, 0.29) is 43.1 Å². The number of ketones is 2. The summed E-state index contributed by atoms with van der Waals surface area (Å²) >= 11 is 3.19. The SMILES string of the molecule is CNS(=O)(=O)c1cc(Br)c2c(c1N)C(=O)c1ccccc1C2=O. The van der Waals surface area contributed by atoms with Crippen molar-refractivity contribution in [3.8, 4) is 0 Å². The van der Waals surface area contributed by atoms with Crippen LogP contribution >= 0.6 is 15.9 Å². The molecule has 0 aliphatic heterocycles. The fraction of sp³-hybridized carbons (Fsp3) is 0.0667. The highest BCUT2D eigenvalue weighted by Gasteiger charge is 2.35. The monoisotopic (exact) mass is 394 g/mol. The molecule has 2 aromatic rings. The second kappa shape index (κ2) is 5.26. The quantitative estimate of drug-likeness (QED) is 0.643. The third kappa shape index (κ3) is 2.21. The van der Waals surface area contributed by atoms with Crippen LogP contribution in [0, 0.1) is 0 Å². The van der Waals surface area contributed by atoms with Gasteiger partial charge in [-0.3, -0.25) is 9.59 Å². The first kappa shape index (κ1) is 15.9. The van der Waals surface area contributed by atoms with Crippen molar-refractivity contribution in [2.75, 3.05) is 12.8 Å². The van der Waals surface area contributed by atoms with Crippen molar-refractivity contribution in [2.45, 2.75) is 4.90 Å². The molecule has 2 aromatic carbocycles. The van der Waals surface area contributed by atoms with Gasteiger partial charge in [0.15, 0.2) is 11.6 Å². The van der Waals surface area contributed by atoms with Crippen molar-refractivity contribution in [2.24, 2.45) is 0 Å². The van der Waals surface area contributed by atoms with Gasteiger partial charge < -0.3 is 5.73 Å². The maximum Gasteiger partial charge on any atom is 0.242 e. The maximum absolute atomic E-state index is 12.7. The molecule has 1 aliphatic carbocycles. The van der Waals surface area contributed by atoms with Crippen LogP contribution in [-0.4, -0.2) is 27.0 Å². The van der Waals surface area contributed by atoms with E-state index < -0.39 is 15.8 Å². The van der Waals surface area contributed by atoms with Gasteiger partial charge in [0.05, 0.1) is 16.8 Å². The van der Waals surface area contributed by atoms with E-state index in [4.69, 9.17) is 5.73 Å². The molecule has 8 heteroatoms. The van der Waals surface area contributed by atoms with Gasteiger partial charge >= 0.3 is 0 Å². The zero-order valence-electron chi connectivity index (χ0n) is 11.9. The van der Waals surface area contributed by atoms with Crippen LogP contribution in [0.15, 0.2) is 39.7 Å². The molecular weight excluding hydrogens is 384 g/mol. The molecule has 1 aliphatic rings. The number of benzene rings is 2. The van der Waals surface area contributed by atoms with Crippen molar-refractivity contribution in [1.82, 2.24) is 4.72 Å². The van der Waals surface area contributed by atoms with E-state index in [1.54, 1.807) is 18.2 Å². The normalized spacial score (nSPS) is 13.7. The Kier molecular flexibility index (Phi) is 3.62. The zero-order valence-corrected chi connectivity index (χ0v) is 14.3. The lowest BCUT2D eigenvalue weighted by Crippen LogP contribution is -2.26. The molecular formula is C15H11BrN2O4S. The van der Waals surface area contributed by atoms with Crippen molar-refractivity contribution in [3.63, 3.8) is 0 Å². The van der Waals surface area contributed by atoms with Gasteiger partial charge in [0.25, 0.3) is 0 Å². The zero-order chi connectivity index (χ0) is 16.9. The van der Waals surface area contributed by atoms with Crippen LogP contribution in [0.5, 0.6) is 0 Å². The number of hydrogen-bond donors (Lipinski definition) is 2. The molecule has 0 saturated heterocycles. The first-order chi connectivity index (χ1) is 10.8. The number of nitrogens with two attached hydrogens (primary N) is 1. The lowest BCUT2D eigenvalue weighted by atomic mass is 9.83. The summed E-state index contributed by atoms with van der Waals surface area (Å²) < 4.78 is 26.5. The number of nitrogens with one attached hydrogen (secondary N) is 1. The summed E-state index contributed by atoms with van der Waals surface area (Å²) in [5.74, 6) is -0.844. The number of halogens is 1. The summed E-state index contributed by atoms with van der Waals surface area (Å²) in [6, 6.07) is 7.60. The maximum atomic E-state index is 12.7. The lowest BCUT2D eigenvalue weighted by molar-refractivity contribution is 0.0979. The topological polar surface area (TPSA) is 106 Å². The summed E-state index contributed by atoms with van der Waals surface area (Å²) in [7, 11) is -2.63. The Morgan fingerprint density at radius 2 is 1.57 bits per heavy atom. The van der Waals surface area contributed by atoms with Gasteiger partial charge in [-0.05, 0) is 29.0 Å². The molecule has 23 heavy (non-hydrogen) atoms. The fourth-order valence-corrected chi connectivity index (χ4v) is 4.22. The lowest BCUT2D eigenvalue weighted by Gasteiger charge is -2.21. The summed E-state index contributed by atoms with van der Waals surface area (Å²) in [4.78, 5) is 25.1. The Bertz CT molecular complexity index is 983. The minimum atomic E-state index is -3.87. The number of nitrogen functional groups attached to an aromatic ring is 1. The van der Waals surface area contributed by atoms with E-state index in [0.717, 1.165) is 0 Å². The van der Waals surface area contributed by atoms with Crippen LogP contribution in [0.2, 0.25) is 0 Å². The van der Waals surface area contributed by atoms with E-state index in [0.29, 0.717) is 0 Å². The Balaban J connectivity index is 2.41. The van der Waals surface area contributed by atoms with Gasteiger partial charge in [0.1, 0.15) is 4.90 Å². The summed E-state index contributed by atoms with van der Waals surface area (Å²) in [5, 5.41) is 0. The summed E-state index contributed by atoms with van der Waals surface area (Å²) in [6.07, 6.45) is 0. The second-order valence-electron chi connectivity index (χ2n) is 4.93. The van der Waals surface area contributed by atoms with Gasteiger partial charge in [0.2, 0.25) is 10.0 Å². The molecule has 118 valence electrons. The summed E-state index contributed by atoms with van der Waals surface area (Å²) in [5.41, 5.74) is 6.18. The minimum Gasteiger partial charge on any atom is -0.397 e. The molecule has 0 atom stereocenters. The molecule has 3 rings (SSSR count). The van der Waals surface area contributed by atoms with Crippen LogP contribution in [-0.2, 0) is 10.0 Å². The van der Waals surface area contributed by atoms with Gasteiger partial charge in [-0.25, -0.2) is 13.1 Å². The van der Waals surface area contributed by atoms with Gasteiger partial charge in [-0.15, -0.1) is 0 Å². The minimum absolute atomic E-state index is 0.0845. The largest absolute Gasteiger partial charge is 0.397 e. The van der Waals surface area contributed by atoms with Crippen molar-refractivity contribution in [1.29, 1.82) is 0 Å². The first-order valence-electron chi connectivity index (χ1n) is 6.53. The number of sulfonamides is 1. The van der Waals surface area contributed by atoms with E-state index in [1.165, 1.54) is 19.2 Å². The van der Waals surface area contributed by atoms with Crippen LogP contribution in [0.25, 0.3) is 0 Å². The highest BCUT2D eigenvalue weighted by molar-refractivity contribution is 9.10. The van der Waals surface area contributed by atoms with Crippen LogP contribution < -0.4 is 10.5 Å². The van der Waals surface area contributed by atoms with Gasteiger partial charge in [0, 0.05) is 15.6 Å². The number of anilines is 1. The van der Waals surface area contributed by atoms with E-state index >= 15 is 0 Å². The fourth-order valence-electron chi connectivity index (χ4n) is 2.58. The highest BCUT2D eigenvalue weighted by atomic mass is 79.9. The van der Waals surface area contributed by atoms with Crippen molar-refractivity contribution >= 4 is 43.2 Å². The highest BCUT2D eigenvalue weighted by Crippen LogP contribution is 2.38. The molecule has 0 fully saturated rings. The number of carbonyl (C=O) groups excluding carboxylic acids is 2. The molecule has 0 radical (unpaired) electrons. The molecule has 0 unspecified atom stereocenters. The number of rotatable bonds is 2. The number of hydrogen-bond acceptors (Lipinski definition) is 5. The van der Waals surface area contributed by atoms with Crippen LogP contribution in [0.4, 0.5) is 5.69 Å². The van der Waals surface area contributed by atoms with E-state index in [2.05, 4.69) is 20.7 Å². The van der Waals surface area contributed by atoms with Gasteiger partial charge in [-0.2, -0.15) is 0 Å². The molecule has 0 bridgehead atoms. The number of carbonyl (C=O) groups is 2. The molecule has 0 saturated carbocycles. The standard InChI is InChI=1S/C15H11BrN2O4S/c1-18-23(21,22)10-6-9(16)11-12(13(10)17)15(20)8-5-3-2-4-7(8)14(11)19/h2-6,18H,17H2,1H3. The Morgan fingerprint density at radius 1 is 1.04 bits per heavy atom. The third-order valence-electron chi connectivity index (χ3n) is 3.71. The van der Waals surface area contributed by atoms with E-state index in [1.807, 2.05) is 0 Å².